The molecule has 32 heavy (non-hydrogen) atoms. The van der Waals surface area contributed by atoms with E-state index in [-0.39, 0.29) is 17.7 Å². The maximum Gasteiger partial charge on any atom is 0.387 e. The van der Waals surface area contributed by atoms with Crippen molar-refractivity contribution in [3.63, 3.8) is 0 Å². The van der Waals surface area contributed by atoms with E-state index in [2.05, 4.69) is 15.0 Å². The first-order valence-electron chi connectivity index (χ1n) is 10.7. The van der Waals surface area contributed by atoms with Gasteiger partial charge in [-0.2, -0.15) is 8.78 Å². The Balaban J connectivity index is 1.78. The van der Waals surface area contributed by atoms with Gasteiger partial charge < -0.3 is 20.7 Å². The number of aromatic nitrogens is 1. The molecule has 0 spiro atoms. The second kappa shape index (κ2) is 8.61. The first kappa shape index (κ1) is 22.4. The highest BCUT2D eigenvalue weighted by Gasteiger charge is 2.35. The predicted octanol–water partition coefficient (Wildman–Crippen LogP) is 3.94. The number of nitrogens with zero attached hydrogens (tertiary/aromatic N) is 2. The molecule has 2 fully saturated rings. The lowest BCUT2D eigenvalue weighted by Gasteiger charge is -2.27. The quantitative estimate of drug-likeness (QED) is 0.671. The number of benzene rings is 1. The molecule has 0 unspecified atom stereocenters. The van der Waals surface area contributed by atoms with E-state index in [0.29, 0.717) is 47.8 Å². The van der Waals surface area contributed by atoms with Gasteiger partial charge in [0.1, 0.15) is 11.6 Å². The Morgan fingerprint density at radius 2 is 2.06 bits per heavy atom. The number of halogens is 3. The van der Waals surface area contributed by atoms with Crippen LogP contribution in [0.25, 0.3) is 11.1 Å². The van der Waals surface area contributed by atoms with Gasteiger partial charge in [-0.15, -0.1) is 0 Å². The van der Waals surface area contributed by atoms with E-state index in [1.807, 2.05) is 18.7 Å². The molecule has 0 radical (unpaired) electrons. The Kier molecular flexibility index (Phi) is 6.03. The van der Waals surface area contributed by atoms with Crippen molar-refractivity contribution in [2.75, 3.05) is 18.0 Å². The van der Waals surface area contributed by atoms with Gasteiger partial charge in [0, 0.05) is 48.7 Å². The molecule has 2 aromatic rings. The van der Waals surface area contributed by atoms with Crippen molar-refractivity contribution >= 4 is 11.6 Å². The minimum Gasteiger partial charge on any atom is -0.435 e. The van der Waals surface area contributed by atoms with Crippen molar-refractivity contribution in [1.82, 2.24) is 10.3 Å². The molecule has 1 saturated carbocycles. The zero-order valence-corrected chi connectivity index (χ0v) is 18.1. The summed E-state index contributed by atoms with van der Waals surface area (Å²) in [7, 11) is 0. The van der Waals surface area contributed by atoms with Crippen LogP contribution in [0.3, 0.4) is 0 Å². The molecular weight excluding hydrogens is 421 g/mol. The molecular formula is C23H27F3N4O2. The van der Waals surface area contributed by atoms with Crippen LogP contribution in [0.4, 0.5) is 18.9 Å². The normalized spacial score (nSPS) is 21.7. The number of rotatable bonds is 7. The van der Waals surface area contributed by atoms with Gasteiger partial charge in [-0.1, -0.05) is 0 Å². The fraction of sp³-hybridized carbons (Fsp3) is 0.478. The van der Waals surface area contributed by atoms with Crippen molar-refractivity contribution in [2.24, 2.45) is 11.7 Å². The number of amides is 1. The van der Waals surface area contributed by atoms with Gasteiger partial charge in [0.15, 0.2) is 0 Å². The summed E-state index contributed by atoms with van der Waals surface area (Å²) in [5, 5.41) is 3.04. The van der Waals surface area contributed by atoms with Crippen LogP contribution in [0, 0.1) is 11.7 Å². The Bertz CT molecular complexity index is 1010. The van der Waals surface area contributed by atoms with E-state index < -0.39 is 18.0 Å². The van der Waals surface area contributed by atoms with Gasteiger partial charge in [0.25, 0.3) is 5.91 Å². The van der Waals surface area contributed by atoms with Gasteiger partial charge in [0.05, 0.1) is 11.3 Å². The van der Waals surface area contributed by atoms with Crippen LogP contribution in [0.1, 0.15) is 43.5 Å². The summed E-state index contributed by atoms with van der Waals surface area (Å²) in [5.74, 6) is -0.843. The Morgan fingerprint density at radius 1 is 1.31 bits per heavy atom. The number of hydrogen-bond donors (Lipinski definition) is 2. The molecule has 9 heteroatoms. The van der Waals surface area contributed by atoms with Crippen LogP contribution in [-0.2, 0) is 0 Å². The minimum atomic E-state index is -3.08. The fourth-order valence-electron chi connectivity index (χ4n) is 4.23. The number of nitrogens with two attached hydrogens (primary N) is 1. The molecule has 1 saturated heterocycles. The second-order valence-electron chi connectivity index (χ2n) is 9.06. The highest BCUT2D eigenvalue weighted by Crippen LogP contribution is 2.39. The average Bonchev–Trinajstić information content (AvgIpc) is 3.49. The standard InChI is InChI=1S/C23H27F3N4O2/c1-13(14-3-4-14)29-21(31)19-11-28-10-18(20(19)30-6-5-23(2,27)12-30)15-7-16(24)9-17(8-15)32-22(25)26/h7-11,13-14,22H,3-6,12,27H2,1-2H3,(H,29,31)/t13-,23-/m0/s1. The molecule has 2 atom stereocenters. The van der Waals surface area contributed by atoms with Crippen LogP contribution in [0.15, 0.2) is 30.6 Å². The highest BCUT2D eigenvalue weighted by molar-refractivity contribution is 6.03. The van der Waals surface area contributed by atoms with E-state index in [0.717, 1.165) is 18.9 Å². The van der Waals surface area contributed by atoms with Crippen molar-refractivity contribution in [2.45, 2.75) is 51.3 Å². The van der Waals surface area contributed by atoms with Crippen LogP contribution < -0.4 is 20.7 Å². The summed E-state index contributed by atoms with van der Waals surface area (Å²) in [4.78, 5) is 19.4. The van der Waals surface area contributed by atoms with E-state index in [9.17, 15) is 18.0 Å². The summed E-state index contributed by atoms with van der Waals surface area (Å²) >= 11 is 0. The first-order valence-corrected chi connectivity index (χ1v) is 10.7. The molecule has 3 N–H and O–H groups in total. The maximum atomic E-state index is 14.3. The van der Waals surface area contributed by atoms with Crippen LogP contribution in [-0.4, -0.2) is 42.2 Å². The Labute approximate surface area is 184 Å². The molecule has 2 aliphatic rings. The molecule has 172 valence electrons. The van der Waals surface area contributed by atoms with Gasteiger partial charge in [-0.25, -0.2) is 4.39 Å². The largest absolute Gasteiger partial charge is 0.435 e. The van der Waals surface area contributed by atoms with E-state index in [4.69, 9.17) is 5.73 Å². The van der Waals surface area contributed by atoms with E-state index in [1.165, 1.54) is 24.5 Å². The number of nitrogens with one attached hydrogen (secondary N) is 1. The summed E-state index contributed by atoms with van der Waals surface area (Å²) in [5.41, 5.74) is 7.52. The molecule has 1 aromatic heterocycles. The zero-order valence-electron chi connectivity index (χ0n) is 18.1. The topological polar surface area (TPSA) is 80.5 Å². The molecule has 6 nitrogen and oxygen atoms in total. The van der Waals surface area contributed by atoms with Crippen molar-refractivity contribution < 1.29 is 22.7 Å². The lowest BCUT2D eigenvalue weighted by molar-refractivity contribution is -0.0499. The molecule has 1 aliphatic carbocycles. The summed E-state index contributed by atoms with van der Waals surface area (Å²) in [6, 6.07) is 3.45. The van der Waals surface area contributed by atoms with Gasteiger partial charge in [0.2, 0.25) is 0 Å². The van der Waals surface area contributed by atoms with Crippen molar-refractivity contribution in [3.05, 3.63) is 42.0 Å². The minimum absolute atomic E-state index is 0.0255. The number of carbonyl (C=O) groups excluding carboxylic acids is 1. The third kappa shape index (κ3) is 4.98. The third-order valence-electron chi connectivity index (χ3n) is 6.08. The van der Waals surface area contributed by atoms with Crippen molar-refractivity contribution in [3.8, 4) is 16.9 Å². The number of ether oxygens (including phenoxy) is 1. The van der Waals surface area contributed by atoms with E-state index >= 15 is 0 Å². The van der Waals surface area contributed by atoms with E-state index in [1.54, 1.807) is 0 Å². The smallest absolute Gasteiger partial charge is 0.387 e. The fourth-order valence-corrected chi connectivity index (χ4v) is 4.23. The molecule has 0 bridgehead atoms. The number of pyridine rings is 1. The molecule has 1 aromatic carbocycles. The monoisotopic (exact) mass is 448 g/mol. The molecule has 4 rings (SSSR count). The van der Waals surface area contributed by atoms with Gasteiger partial charge in [-0.05, 0) is 56.7 Å². The molecule has 1 aliphatic heterocycles. The number of anilines is 1. The maximum absolute atomic E-state index is 14.3. The van der Waals surface area contributed by atoms with Crippen LogP contribution in [0.5, 0.6) is 5.75 Å². The Morgan fingerprint density at radius 3 is 2.69 bits per heavy atom. The SMILES string of the molecule is C[C@H](NC(=O)c1cncc(-c2cc(F)cc(OC(F)F)c2)c1N1CC[C@](C)(N)C1)C1CC1. The predicted molar refractivity (Wildman–Crippen MR) is 115 cm³/mol. The highest BCUT2D eigenvalue weighted by atomic mass is 19.3. The van der Waals surface area contributed by atoms with Crippen LogP contribution in [0.2, 0.25) is 0 Å². The number of hydrogen-bond acceptors (Lipinski definition) is 5. The van der Waals surface area contributed by atoms with Gasteiger partial charge >= 0.3 is 6.61 Å². The average molecular weight is 448 g/mol. The molecule has 2 heterocycles. The zero-order chi connectivity index (χ0) is 23.0. The Hall–Kier alpha value is -2.81. The molecule has 1 amide bonds. The third-order valence-corrected chi connectivity index (χ3v) is 6.08. The van der Waals surface area contributed by atoms with Gasteiger partial charge in [-0.3, -0.25) is 9.78 Å². The second-order valence-corrected chi connectivity index (χ2v) is 9.06. The summed E-state index contributed by atoms with van der Waals surface area (Å²) in [6.45, 7) is 1.90. The van der Waals surface area contributed by atoms with Crippen molar-refractivity contribution in [1.29, 1.82) is 0 Å². The lowest BCUT2D eigenvalue weighted by atomic mass is 10.00. The lowest BCUT2D eigenvalue weighted by Crippen LogP contribution is -2.40. The summed E-state index contributed by atoms with van der Waals surface area (Å²) in [6.07, 6.45) is 5.86. The number of carbonyl (C=O) groups is 1. The first-order chi connectivity index (χ1) is 15.1. The summed E-state index contributed by atoms with van der Waals surface area (Å²) < 4.78 is 44.1. The number of alkyl halides is 2. The van der Waals surface area contributed by atoms with Crippen LogP contribution >= 0.6 is 0 Å².